The van der Waals surface area contributed by atoms with Crippen molar-refractivity contribution in [2.75, 3.05) is 6.54 Å². The lowest BCUT2D eigenvalue weighted by atomic mass is 9.96. The molecule has 3 heteroatoms. The van der Waals surface area contributed by atoms with E-state index in [2.05, 4.69) is 46.9 Å². The molecule has 0 amide bonds. The van der Waals surface area contributed by atoms with Crippen molar-refractivity contribution in [3.8, 4) is 0 Å². The van der Waals surface area contributed by atoms with Gasteiger partial charge in [-0.05, 0) is 36.9 Å². The standard InChI is InChI=1S/C15H18N2S/c1-2-7-17-15(14-16-8-9-18-14)10-12-5-3-4-6-13(12)11-15/h3-6,8-9,17H,2,7,10-11H2,1H3. The van der Waals surface area contributed by atoms with Gasteiger partial charge in [-0.25, -0.2) is 4.98 Å². The Morgan fingerprint density at radius 2 is 2.00 bits per heavy atom. The zero-order chi connectivity index (χ0) is 12.4. The Morgan fingerprint density at radius 3 is 2.56 bits per heavy atom. The molecule has 0 fully saturated rings. The van der Waals surface area contributed by atoms with E-state index in [1.165, 1.54) is 16.1 Å². The summed E-state index contributed by atoms with van der Waals surface area (Å²) in [5, 5.41) is 7.05. The lowest BCUT2D eigenvalue weighted by Crippen LogP contribution is -2.43. The third kappa shape index (κ3) is 1.98. The lowest BCUT2D eigenvalue weighted by Gasteiger charge is -2.28. The normalized spacial score (nSPS) is 16.7. The predicted octanol–water partition coefficient (Wildman–Crippen LogP) is 3.14. The summed E-state index contributed by atoms with van der Waals surface area (Å²) in [6.07, 6.45) is 5.20. The molecule has 1 aliphatic carbocycles. The topological polar surface area (TPSA) is 24.9 Å². The third-order valence-electron chi connectivity index (χ3n) is 3.66. The maximum Gasteiger partial charge on any atom is 0.113 e. The second-order valence-corrected chi connectivity index (χ2v) is 5.86. The summed E-state index contributed by atoms with van der Waals surface area (Å²) in [6, 6.07) is 8.77. The first kappa shape index (κ1) is 11.9. The molecule has 2 aromatic rings. The van der Waals surface area contributed by atoms with Gasteiger partial charge in [-0.1, -0.05) is 31.2 Å². The molecule has 0 spiro atoms. The molecule has 1 aliphatic rings. The molecule has 0 bridgehead atoms. The van der Waals surface area contributed by atoms with Crippen molar-refractivity contribution in [2.45, 2.75) is 31.7 Å². The van der Waals surface area contributed by atoms with Crippen LogP contribution in [0.25, 0.3) is 0 Å². The van der Waals surface area contributed by atoms with Crippen LogP contribution in [0, 0.1) is 0 Å². The fraction of sp³-hybridized carbons (Fsp3) is 0.400. The van der Waals surface area contributed by atoms with Crippen molar-refractivity contribution in [3.63, 3.8) is 0 Å². The molecule has 94 valence electrons. The Balaban J connectivity index is 1.95. The number of aromatic nitrogens is 1. The summed E-state index contributed by atoms with van der Waals surface area (Å²) >= 11 is 1.77. The van der Waals surface area contributed by atoms with Crippen molar-refractivity contribution in [2.24, 2.45) is 0 Å². The summed E-state index contributed by atoms with van der Waals surface area (Å²) in [7, 11) is 0. The van der Waals surface area contributed by atoms with Gasteiger partial charge in [0.15, 0.2) is 0 Å². The van der Waals surface area contributed by atoms with E-state index < -0.39 is 0 Å². The van der Waals surface area contributed by atoms with Gasteiger partial charge >= 0.3 is 0 Å². The number of hydrogen-bond acceptors (Lipinski definition) is 3. The molecule has 0 aliphatic heterocycles. The molecule has 1 N–H and O–H groups in total. The average molecular weight is 258 g/mol. The van der Waals surface area contributed by atoms with Gasteiger partial charge in [0.2, 0.25) is 0 Å². The first-order valence-electron chi connectivity index (χ1n) is 6.56. The van der Waals surface area contributed by atoms with Gasteiger partial charge < -0.3 is 5.32 Å². The van der Waals surface area contributed by atoms with Crippen molar-refractivity contribution in [1.29, 1.82) is 0 Å². The first-order chi connectivity index (χ1) is 8.84. The molecule has 1 aromatic heterocycles. The van der Waals surface area contributed by atoms with Crippen molar-refractivity contribution in [3.05, 3.63) is 52.0 Å². The van der Waals surface area contributed by atoms with Crippen LogP contribution in [0.2, 0.25) is 0 Å². The van der Waals surface area contributed by atoms with Gasteiger partial charge in [-0.3, -0.25) is 0 Å². The first-order valence-corrected chi connectivity index (χ1v) is 7.44. The second-order valence-electron chi connectivity index (χ2n) is 4.97. The van der Waals surface area contributed by atoms with Crippen molar-refractivity contribution in [1.82, 2.24) is 10.3 Å². The van der Waals surface area contributed by atoms with Crippen LogP contribution in [0.15, 0.2) is 35.8 Å². The van der Waals surface area contributed by atoms with Gasteiger partial charge in [0, 0.05) is 11.6 Å². The largest absolute Gasteiger partial charge is 0.305 e. The quantitative estimate of drug-likeness (QED) is 0.911. The van der Waals surface area contributed by atoms with E-state index in [1.54, 1.807) is 11.3 Å². The number of benzene rings is 1. The van der Waals surface area contributed by atoms with Crippen LogP contribution in [0.3, 0.4) is 0 Å². The molecule has 0 saturated carbocycles. The summed E-state index contributed by atoms with van der Waals surface area (Å²) < 4.78 is 0. The lowest BCUT2D eigenvalue weighted by molar-refractivity contribution is 0.348. The number of hydrogen-bond donors (Lipinski definition) is 1. The second kappa shape index (κ2) is 4.82. The van der Waals surface area contributed by atoms with Crippen LogP contribution in [0.5, 0.6) is 0 Å². The van der Waals surface area contributed by atoms with E-state index in [4.69, 9.17) is 0 Å². The zero-order valence-electron chi connectivity index (χ0n) is 10.6. The molecule has 0 radical (unpaired) electrons. The SMILES string of the molecule is CCCNC1(c2nccs2)Cc2ccccc2C1. The van der Waals surface area contributed by atoms with Crippen LogP contribution in [-0.2, 0) is 18.4 Å². The fourth-order valence-corrected chi connectivity index (χ4v) is 3.61. The number of nitrogens with one attached hydrogen (secondary N) is 1. The highest BCUT2D eigenvalue weighted by Crippen LogP contribution is 2.38. The highest BCUT2D eigenvalue weighted by Gasteiger charge is 2.40. The molecule has 1 heterocycles. The van der Waals surface area contributed by atoms with E-state index in [0.29, 0.717) is 0 Å². The molecule has 1 aromatic carbocycles. The maximum absolute atomic E-state index is 4.56. The number of rotatable bonds is 4. The van der Waals surface area contributed by atoms with Crippen molar-refractivity contribution >= 4 is 11.3 Å². The minimum atomic E-state index is 0.0356. The van der Waals surface area contributed by atoms with Gasteiger partial charge in [0.25, 0.3) is 0 Å². The van der Waals surface area contributed by atoms with Gasteiger partial charge in [-0.2, -0.15) is 0 Å². The average Bonchev–Trinajstić information content (AvgIpc) is 3.03. The minimum Gasteiger partial charge on any atom is -0.305 e. The molecular formula is C15H18N2S. The smallest absolute Gasteiger partial charge is 0.113 e. The molecule has 18 heavy (non-hydrogen) atoms. The Labute approximate surface area is 112 Å². The number of fused-ring (bicyclic) bond motifs is 1. The summed E-state index contributed by atoms with van der Waals surface area (Å²) in [6.45, 7) is 3.26. The van der Waals surface area contributed by atoms with Crippen LogP contribution in [0.1, 0.15) is 29.5 Å². The molecule has 0 saturated heterocycles. The van der Waals surface area contributed by atoms with Crippen LogP contribution in [0.4, 0.5) is 0 Å². The van der Waals surface area contributed by atoms with E-state index in [0.717, 1.165) is 25.8 Å². The van der Waals surface area contributed by atoms with Crippen LogP contribution in [-0.4, -0.2) is 11.5 Å². The summed E-state index contributed by atoms with van der Waals surface area (Å²) in [5.74, 6) is 0. The van der Waals surface area contributed by atoms with Gasteiger partial charge in [-0.15, -0.1) is 11.3 Å². The van der Waals surface area contributed by atoms with Crippen molar-refractivity contribution < 1.29 is 0 Å². The molecule has 2 nitrogen and oxygen atoms in total. The molecule has 0 unspecified atom stereocenters. The van der Waals surface area contributed by atoms with E-state index >= 15 is 0 Å². The molecule has 3 rings (SSSR count). The van der Waals surface area contributed by atoms with Crippen LogP contribution >= 0.6 is 11.3 Å². The van der Waals surface area contributed by atoms with E-state index in [1.807, 2.05) is 6.20 Å². The molecular weight excluding hydrogens is 240 g/mol. The number of nitrogens with zero attached hydrogens (tertiary/aromatic N) is 1. The third-order valence-corrected chi connectivity index (χ3v) is 4.64. The fourth-order valence-electron chi connectivity index (χ4n) is 2.79. The highest BCUT2D eigenvalue weighted by molar-refractivity contribution is 7.09. The Bertz CT molecular complexity index is 494. The predicted molar refractivity (Wildman–Crippen MR) is 75.9 cm³/mol. The Morgan fingerprint density at radius 1 is 1.28 bits per heavy atom. The van der Waals surface area contributed by atoms with Gasteiger partial charge in [0.05, 0.1) is 5.54 Å². The number of thiazole rings is 1. The minimum absolute atomic E-state index is 0.0356. The van der Waals surface area contributed by atoms with Gasteiger partial charge in [0.1, 0.15) is 5.01 Å². The monoisotopic (exact) mass is 258 g/mol. The van der Waals surface area contributed by atoms with E-state index in [9.17, 15) is 0 Å². The Kier molecular flexibility index (Phi) is 3.18. The summed E-state index contributed by atoms with van der Waals surface area (Å²) in [5.41, 5.74) is 2.97. The maximum atomic E-state index is 4.56. The zero-order valence-corrected chi connectivity index (χ0v) is 11.5. The van der Waals surface area contributed by atoms with Crippen LogP contribution < -0.4 is 5.32 Å². The van der Waals surface area contributed by atoms with E-state index in [-0.39, 0.29) is 5.54 Å². The molecule has 0 atom stereocenters. The summed E-state index contributed by atoms with van der Waals surface area (Å²) in [4.78, 5) is 4.56. The highest BCUT2D eigenvalue weighted by atomic mass is 32.1. The Hall–Kier alpha value is -1.19.